The lowest BCUT2D eigenvalue weighted by Gasteiger charge is -2.28. The summed E-state index contributed by atoms with van der Waals surface area (Å²) >= 11 is 0. The van der Waals surface area contributed by atoms with Gasteiger partial charge in [-0.05, 0) is 30.7 Å². The van der Waals surface area contributed by atoms with E-state index in [9.17, 15) is 19.2 Å². The number of hydrogen-bond donors (Lipinski definition) is 0. The van der Waals surface area contributed by atoms with Crippen LogP contribution in [0.4, 0.5) is 0 Å². The number of nitrogens with zero attached hydrogens (tertiary/aromatic N) is 1. The molecular formula is C18H13NO5. The van der Waals surface area contributed by atoms with Crippen molar-refractivity contribution in [2.45, 2.75) is 19.8 Å². The van der Waals surface area contributed by atoms with Crippen LogP contribution in [0.2, 0.25) is 0 Å². The van der Waals surface area contributed by atoms with E-state index in [-0.39, 0.29) is 11.1 Å². The highest BCUT2D eigenvalue weighted by Gasteiger charge is 2.37. The predicted molar refractivity (Wildman–Crippen MR) is 84.0 cm³/mol. The lowest BCUT2D eigenvalue weighted by atomic mass is 9.87. The van der Waals surface area contributed by atoms with Gasteiger partial charge in [0.05, 0.1) is 11.1 Å². The van der Waals surface area contributed by atoms with E-state index in [4.69, 9.17) is 4.74 Å². The minimum Gasteiger partial charge on any atom is -0.386 e. The molecule has 120 valence electrons. The number of ether oxygens (including phenoxy) is 1. The molecule has 0 bridgehead atoms. The zero-order valence-electron chi connectivity index (χ0n) is 12.9. The van der Waals surface area contributed by atoms with Crippen LogP contribution in [0.1, 0.15) is 61.2 Å². The average Bonchev–Trinajstić information content (AvgIpc) is 2.57. The Bertz CT molecular complexity index is 891. The molecule has 2 amide bonds. The highest BCUT2D eigenvalue weighted by molar-refractivity contribution is 6.31. The largest absolute Gasteiger partial charge is 0.386 e. The first kappa shape index (κ1) is 14.6. The van der Waals surface area contributed by atoms with E-state index in [2.05, 4.69) is 0 Å². The quantitative estimate of drug-likeness (QED) is 0.492. The van der Waals surface area contributed by atoms with E-state index < -0.39 is 23.8 Å². The standard InChI is InChI=1S/C18H13NO5/c1-2-3-8-19-15(20)9-4-6-11-14-12(18(23)24-17(11)22)7-5-10(13(9)14)16(19)21/h4-7H,2-3,8H2,1H3. The summed E-state index contributed by atoms with van der Waals surface area (Å²) in [7, 11) is 0. The first-order valence-corrected chi connectivity index (χ1v) is 7.77. The second-order valence-corrected chi connectivity index (χ2v) is 5.86. The van der Waals surface area contributed by atoms with Crippen molar-refractivity contribution >= 4 is 34.5 Å². The number of amides is 2. The smallest absolute Gasteiger partial charge is 0.346 e. The lowest BCUT2D eigenvalue weighted by molar-refractivity contribution is 0.0388. The minimum absolute atomic E-state index is 0.202. The molecular weight excluding hydrogens is 310 g/mol. The SMILES string of the molecule is CCCCN1C(=O)c2ccc3c4c(ccc(c24)C1=O)C(=O)OC3=O. The maximum Gasteiger partial charge on any atom is 0.346 e. The van der Waals surface area contributed by atoms with Gasteiger partial charge in [0.2, 0.25) is 0 Å². The summed E-state index contributed by atoms with van der Waals surface area (Å²) < 4.78 is 4.70. The molecule has 2 aromatic carbocycles. The number of cyclic esters (lactones) is 2. The summed E-state index contributed by atoms with van der Waals surface area (Å²) in [4.78, 5) is 50.6. The number of esters is 2. The maximum absolute atomic E-state index is 12.7. The lowest BCUT2D eigenvalue weighted by Crippen LogP contribution is -2.41. The Morgan fingerprint density at radius 3 is 1.75 bits per heavy atom. The number of carbonyl (C=O) groups is 4. The third-order valence-corrected chi connectivity index (χ3v) is 4.47. The molecule has 0 spiro atoms. The van der Waals surface area contributed by atoms with Crippen LogP contribution in [0.5, 0.6) is 0 Å². The van der Waals surface area contributed by atoms with Gasteiger partial charge in [0, 0.05) is 28.4 Å². The van der Waals surface area contributed by atoms with E-state index in [1.54, 1.807) is 0 Å². The first-order valence-electron chi connectivity index (χ1n) is 7.77. The van der Waals surface area contributed by atoms with Crippen LogP contribution in [-0.4, -0.2) is 35.2 Å². The molecule has 0 saturated heterocycles. The van der Waals surface area contributed by atoms with Gasteiger partial charge in [-0.1, -0.05) is 13.3 Å². The van der Waals surface area contributed by atoms with Crippen LogP contribution < -0.4 is 0 Å². The summed E-state index contributed by atoms with van der Waals surface area (Å²) in [6.07, 6.45) is 1.58. The van der Waals surface area contributed by atoms with Crippen molar-refractivity contribution in [1.29, 1.82) is 0 Å². The Morgan fingerprint density at radius 2 is 1.25 bits per heavy atom. The molecule has 2 aliphatic rings. The molecule has 2 aromatic rings. The van der Waals surface area contributed by atoms with Gasteiger partial charge in [0.15, 0.2) is 0 Å². The van der Waals surface area contributed by atoms with Crippen molar-refractivity contribution in [3.8, 4) is 0 Å². The van der Waals surface area contributed by atoms with Crippen LogP contribution in [0.3, 0.4) is 0 Å². The van der Waals surface area contributed by atoms with Crippen LogP contribution in [0.15, 0.2) is 24.3 Å². The maximum atomic E-state index is 12.7. The van der Waals surface area contributed by atoms with Gasteiger partial charge in [-0.15, -0.1) is 0 Å². The van der Waals surface area contributed by atoms with Gasteiger partial charge in [-0.25, -0.2) is 9.59 Å². The topological polar surface area (TPSA) is 80.8 Å². The summed E-state index contributed by atoms with van der Waals surface area (Å²) in [6.45, 7) is 2.33. The van der Waals surface area contributed by atoms with E-state index in [1.807, 2.05) is 6.92 Å². The Kier molecular flexibility index (Phi) is 3.03. The Balaban J connectivity index is 2.03. The summed E-state index contributed by atoms with van der Waals surface area (Å²) in [5.41, 5.74) is 1.08. The predicted octanol–water partition coefficient (Wildman–Crippen LogP) is 2.55. The fraction of sp³-hybridized carbons (Fsp3) is 0.222. The second-order valence-electron chi connectivity index (χ2n) is 5.86. The molecule has 6 heteroatoms. The molecule has 4 rings (SSSR count). The number of rotatable bonds is 3. The monoisotopic (exact) mass is 323 g/mol. The molecule has 0 fully saturated rings. The van der Waals surface area contributed by atoms with Gasteiger partial charge >= 0.3 is 11.9 Å². The Hall–Kier alpha value is -3.02. The highest BCUT2D eigenvalue weighted by atomic mass is 16.6. The summed E-state index contributed by atoms with van der Waals surface area (Å²) in [5.74, 6) is -2.30. The Morgan fingerprint density at radius 1 is 0.792 bits per heavy atom. The van der Waals surface area contributed by atoms with E-state index in [1.165, 1.54) is 29.2 Å². The molecule has 6 nitrogen and oxygen atoms in total. The van der Waals surface area contributed by atoms with E-state index in [0.717, 1.165) is 12.8 Å². The molecule has 24 heavy (non-hydrogen) atoms. The number of carbonyl (C=O) groups excluding carboxylic acids is 4. The fourth-order valence-electron chi connectivity index (χ4n) is 3.29. The van der Waals surface area contributed by atoms with Crippen molar-refractivity contribution < 1.29 is 23.9 Å². The van der Waals surface area contributed by atoms with Gasteiger partial charge in [0.25, 0.3) is 11.8 Å². The molecule has 0 aliphatic carbocycles. The normalized spacial score (nSPS) is 16.0. The highest BCUT2D eigenvalue weighted by Crippen LogP contribution is 2.37. The molecule has 0 unspecified atom stereocenters. The van der Waals surface area contributed by atoms with Crippen molar-refractivity contribution in [2.75, 3.05) is 6.54 Å². The molecule has 0 saturated carbocycles. The van der Waals surface area contributed by atoms with Crippen molar-refractivity contribution in [2.24, 2.45) is 0 Å². The van der Waals surface area contributed by atoms with Crippen molar-refractivity contribution in [1.82, 2.24) is 4.90 Å². The molecule has 0 radical (unpaired) electrons. The first-order chi connectivity index (χ1) is 11.5. The summed E-state index contributed by atoms with van der Waals surface area (Å²) in [5, 5.41) is 0.709. The van der Waals surface area contributed by atoms with Crippen LogP contribution in [0.25, 0.3) is 10.8 Å². The van der Waals surface area contributed by atoms with Gasteiger partial charge in [-0.3, -0.25) is 14.5 Å². The van der Waals surface area contributed by atoms with Gasteiger partial charge in [0.1, 0.15) is 0 Å². The van der Waals surface area contributed by atoms with Gasteiger partial charge < -0.3 is 4.74 Å². The number of imide groups is 1. The minimum atomic E-state index is -0.760. The molecule has 0 atom stereocenters. The average molecular weight is 323 g/mol. The number of unbranched alkanes of at least 4 members (excludes halogenated alkanes) is 1. The third kappa shape index (κ3) is 1.76. The second kappa shape index (κ2) is 4.99. The zero-order valence-corrected chi connectivity index (χ0v) is 12.9. The molecule has 2 heterocycles. The number of hydrogen-bond acceptors (Lipinski definition) is 5. The van der Waals surface area contributed by atoms with Crippen LogP contribution >= 0.6 is 0 Å². The summed E-state index contributed by atoms with van der Waals surface area (Å²) in [6, 6.07) is 6.00. The molecule has 2 aliphatic heterocycles. The van der Waals surface area contributed by atoms with E-state index >= 15 is 0 Å². The van der Waals surface area contributed by atoms with E-state index in [0.29, 0.717) is 28.4 Å². The van der Waals surface area contributed by atoms with Crippen molar-refractivity contribution in [3.63, 3.8) is 0 Å². The fourth-order valence-corrected chi connectivity index (χ4v) is 3.29. The van der Waals surface area contributed by atoms with Gasteiger partial charge in [-0.2, -0.15) is 0 Å². The van der Waals surface area contributed by atoms with Crippen LogP contribution in [0, 0.1) is 0 Å². The van der Waals surface area contributed by atoms with Crippen molar-refractivity contribution in [3.05, 3.63) is 46.5 Å². The Labute approximate surface area is 137 Å². The van der Waals surface area contributed by atoms with Crippen LogP contribution in [-0.2, 0) is 4.74 Å². The molecule has 0 N–H and O–H groups in total. The number of benzene rings is 2. The third-order valence-electron chi connectivity index (χ3n) is 4.47. The molecule has 0 aromatic heterocycles. The zero-order chi connectivity index (χ0) is 17.0.